The smallest absolute Gasteiger partial charge is 0.124 e. The molecule has 3 N–H and O–H groups in total. The summed E-state index contributed by atoms with van der Waals surface area (Å²) in [7, 11) is 1.67. The van der Waals surface area contributed by atoms with Crippen molar-refractivity contribution in [3.8, 4) is 5.75 Å². The van der Waals surface area contributed by atoms with Crippen molar-refractivity contribution in [1.29, 1.82) is 0 Å². The van der Waals surface area contributed by atoms with Crippen molar-refractivity contribution in [3.63, 3.8) is 0 Å². The van der Waals surface area contributed by atoms with Crippen molar-refractivity contribution in [1.82, 2.24) is 0 Å². The Bertz CT molecular complexity index is 573. The normalized spacial score (nSPS) is 12.0. The molecule has 0 radical (unpaired) electrons. The van der Waals surface area contributed by atoms with Crippen LogP contribution in [0.3, 0.4) is 0 Å². The van der Waals surface area contributed by atoms with Crippen LogP contribution in [-0.4, -0.2) is 13.7 Å². The molecular formula is C15H16Br2N2O. The lowest BCUT2D eigenvalue weighted by molar-refractivity contribution is 0.407. The molecule has 2 aromatic carbocycles. The van der Waals surface area contributed by atoms with Crippen molar-refractivity contribution >= 4 is 37.5 Å². The summed E-state index contributed by atoms with van der Waals surface area (Å²) >= 11 is 6.91. The fourth-order valence-corrected chi connectivity index (χ4v) is 2.63. The van der Waals surface area contributed by atoms with Crippen LogP contribution in [0.25, 0.3) is 0 Å². The molecule has 0 aliphatic carbocycles. The largest absolute Gasteiger partial charge is 0.496 e. The van der Waals surface area contributed by atoms with Crippen LogP contribution in [0.1, 0.15) is 11.6 Å². The van der Waals surface area contributed by atoms with Gasteiger partial charge in [0.1, 0.15) is 5.75 Å². The summed E-state index contributed by atoms with van der Waals surface area (Å²) in [5.41, 5.74) is 7.97. The number of nitrogens with one attached hydrogen (secondary N) is 1. The zero-order valence-electron chi connectivity index (χ0n) is 11.1. The fourth-order valence-electron chi connectivity index (χ4n) is 1.99. The highest BCUT2D eigenvalue weighted by Gasteiger charge is 2.15. The van der Waals surface area contributed by atoms with Crippen LogP contribution in [0.15, 0.2) is 51.4 Å². The molecule has 5 heteroatoms. The summed E-state index contributed by atoms with van der Waals surface area (Å²) in [5.74, 6) is 0.827. The van der Waals surface area contributed by atoms with Crippen molar-refractivity contribution < 1.29 is 4.74 Å². The van der Waals surface area contributed by atoms with E-state index in [1.807, 2.05) is 42.5 Å². The highest BCUT2D eigenvalue weighted by Crippen LogP contribution is 2.30. The predicted molar refractivity (Wildman–Crippen MR) is 90.3 cm³/mol. The lowest BCUT2D eigenvalue weighted by Crippen LogP contribution is -2.21. The second kappa shape index (κ2) is 7.11. The Kier molecular flexibility index (Phi) is 5.46. The summed E-state index contributed by atoms with van der Waals surface area (Å²) in [4.78, 5) is 0. The highest BCUT2D eigenvalue weighted by molar-refractivity contribution is 9.10. The molecule has 106 valence electrons. The number of ether oxygens (including phenoxy) is 1. The Morgan fingerprint density at radius 1 is 1.10 bits per heavy atom. The molecule has 1 unspecified atom stereocenters. The van der Waals surface area contributed by atoms with Gasteiger partial charge in [0.15, 0.2) is 0 Å². The number of hydrogen-bond acceptors (Lipinski definition) is 3. The molecule has 0 fully saturated rings. The van der Waals surface area contributed by atoms with Gasteiger partial charge in [0.05, 0.1) is 13.2 Å². The summed E-state index contributed by atoms with van der Waals surface area (Å²) in [5, 5.41) is 3.43. The Labute approximate surface area is 135 Å². The summed E-state index contributed by atoms with van der Waals surface area (Å²) in [6, 6.07) is 13.9. The third kappa shape index (κ3) is 3.75. The van der Waals surface area contributed by atoms with Gasteiger partial charge in [-0.25, -0.2) is 0 Å². The SMILES string of the molecule is COc1ccc(Br)cc1C(CN)Nc1ccc(Br)cc1. The maximum atomic E-state index is 5.91. The Hall–Kier alpha value is -1.04. The van der Waals surface area contributed by atoms with E-state index < -0.39 is 0 Å². The summed E-state index contributed by atoms with van der Waals surface area (Å²) < 4.78 is 7.47. The molecule has 2 aromatic rings. The zero-order valence-corrected chi connectivity index (χ0v) is 14.2. The minimum atomic E-state index is -0.0105. The molecule has 0 bridgehead atoms. The fraction of sp³-hybridized carbons (Fsp3) is 0.200. The first-order valence-electron chi connectivity index (χ1n) is 6.19. The molecule has 0 amide bonds. The van der Waals surface area contributed by atoms with E-state index in [9.17, 15) is 0 Å². The van der Waals surface area contributed by atoms with Gasteiger partial charge in [-0.1, -0.05) is 31.9 Å². The Balaban J connectivity index is 2.28. The van der Waals surface area contributed by atoms with Crippen LogP contribution in [0.2, 0.25) is 0 Å². The van der Waals surface area contributed by atoms with Gasteiger partial charge in [-0.2, -0.15) is 0 Å². The van der Waals surface area contributed by atoms with E-state index in [0.717, 1.165) is 25.9 Å². The molecule has 0 aromatic heterocycles. The van der Waals surface area contributed by atoms with Gasteiger partial charge < -0.3 is 15.8 Å². The van der Waals surface area contributed by atoms with Gasteiger partial charge >= 0.3 is 0 Å². The van der Waals surface area contributed by atoms with Crippen LogP contribution >= 0.6 is 31.9 Å². The minimum Gasteiger partial charge on any atom is -0.496 e. The zero-order chi connectivity index (χ0) is 14.5. The predicted octanol–water partition coefficient (Wildman–Crippen LogP) is 4.33. The van der Waals surface area contributed by atoms with E-state index in [4.69, 9.17) is 10.5 Å². The Morgan fingerprint density at radius 2 is 1.75 bits per heavy atom. The molecule has 20 heavy (non-hydrogen) atoms. The van der Waals surface area contributed by atoms with E-state index in [-0.39, 0.29) is 6.04 Å². The third-order valence-corrected chi connectivity index (χ3v) is 4.01. The lowest BCUT2D eigenvalue weighted by Gasteiger charge is -2.21. The van der Waals surface area contributed by atoms with Gasteiger partial charge in [0.2, 0.25) is 0 Å². The van der Waals surface area contributed by atoms with Crippen LogP contribution in [0.4, 0.5) is 5.69 Å². The molecule has 1 atom stereocenters. The van der Waals surface area contributed by atoms with Gasteiger partial charge in [-0.3, -0.25) is 0 Å². The number of nitrogens with two attached hydrogens (primary N) is 1. The van der Waals surface area contributed by atoms with Crippen molar-refractivity contribution in [3.05, 3.63) is 57.0 Å². The molecule has 0 saturated heterocycles. The second-order valence-corrected chi connectivity index (χ2v) is 6.16. The topological polar surface area (TPSA) is 47.3 Å². The van der Waals surface area contributed by atoms with Crippen LogP contribution in [0.5, 0.6) is 5.75 Å². The van der Waals surface area contributed by atoms with E-state index in [0.29, 0.717) is 6.54 Å². The first-order chi connectivity index (χ1) is 9.63. The molecule has 0 heterocycles. The maximum absolute atomic E-state index is 5.91. The van der Waals surface area contributed by atoms with Crippen LogP contribution in [0, 0.1) is 0 Å². The van der Waals surface area contributed by atoms with Crippen molar-refractivity contribution in [2.24, 2.45) is 5.73 Å². The molecule has 0 spiro atoms. The number of halogens is 2. The third-order valence-electron chi connectivity index (χ3n) is 2.99. The molecule has 0 aliphatic heterocycles. The van der Waals surface area contributed by atoms with Gasteiger partial charge in [0.25, 0.3) is 0 Å². The van der Waals surface area contributed by atoms with Crippen molar-refractivity contribution in [2.75, 3.05) is 19.0 Å². The molecular weight excluding hydrogens is 384 g/mol. The minimum absolute atomic E-state index is 0.0105. The monoisotopic (exact) mass is 398 g/mol. The highest BCUT2D eigenvalue weighted by atomic mass is 79.9. The van der Waals surface area contributed by atoms with E-state index in [1.54, 1.807) is 7.11 Å². The Morgan fingerprint density at radius 3 is 2.35 bits per heavy atom. The van der Waals surface area contributed by atoms with Crippen LogP contribution < -0.4 is 15.8 Å². The lowest BCUT2D eigenvalue weighted by atomic mass is 10.1. The molecule has 0 saturated carbocycles. The van der Waals surface area contributed by atoms with Gasteiger partial charge in [-0.15, -0.1) is 0 Å². The maximum Gasteiger partial charge on any atom is 0.124 e. The number of hydrogen-bond donors (Lipinski definition) is 2. The number of benzene rings is 2. The van der Waals surface area contributed by atoms with Crippen molar-refractivity contribution in [2.45, 2.75) is 6.04 Å². The first kappa shape index (κ1) is 15.4. The standard InChI is InChI=1S/C15H16Br2N2O/c1-20-15-7-4-11(17)8-13(15)14(9-18)19-12-5-2-10(16)3-6-12/h2-8,14,19H,9,18H2,1H3. The number of anilines is 1. The average molecular weight is 400 g/mol. The molecule has 2 rings (SSSR count). The van der Waals surface area contributed by atoms with Crippen LogP contribution in [-0.2, 0) is 0 Å². The quantitative estimate of drug-likeness (QED) is 0.786. The summed E-state index contributed by atoms with van der Waals surface area (Å²) in [6.45, 7) is 0.475. The van der Waals surface area contributed by atoms with Gasteiger partial charge in [0, 0.05) is 26.7 Å². The average Bonchev–Trinajstić information content (AvgIpc) is 2.46. The van der Waals surface area contributed by atoms with E-state index >= 15 is 0 Å². The van der Waals surface area contributed by atoms with E-state index in [1.165, 1.54) is 0 Å². The summed E-state index contributed by atoms with van der Waals surface area (Å²) in [6.07, 6.45) is 0. The molecule has 3 nitrogen and oxygen atoms in total. The van der Waals surface area contributed by atoms with Gasteiger partial charge in [-0.05, 0) is 42.5 Å². The number of rotatable bonds is 5. The van der Waals surface area contributed by atoms with E-state index in [2.05, 4.69) is 37.2 Å². The second-order valence-electron chi connectivity index (χ2n) is 4.33. The number of methoxy groups -OCH3 is 1. The first-order valence-corrected chi connectivity index (χ1v) is 7.78. The molecule has 0 aliphatic rings.